The summed E-state index contributed by atoms with van der Waals surface area (Å²) < 4.78 is 5.19. The standard InChI is InChI=1S/C17H14N2O3/c18-9-11-3-1-4-12(7-11)10-22-17(21)14-8-13-5-2-6-15(13)19-16(14)20/h1,3-4,7-8H,2,5-6,10H2,(H,19,20). The second-order valence-electron chi connectivity index (χ2n) is 5.26. The van der Waals surface area contributed by atoms with E-state index in [1.807, 2.05) is 6.07 Å². The van der Waals surface area contributed by atoms with Crippen molar-refractivity contribution in [1.29, 1.82) is 5.26 Å². The molecule has 1 aromatic carbocycles. The van der Waals surface area contributed by atoms with Crippen molar-refractivity contribution in [1.82, 2.24) is 4.98 Å². The van der Waals surface area contributed by atoms with E-state index >= 15 is 0 Å². The summed E-state index contributed by atoms with van der Waals surface area (Å²) in [6.07, 6.45) is 2.71. The summed E-state index contributed by atoms with van der Waals surface area (Å²) >= 11 is 0. The molecule has 0 spiro atoms. The number of carbonyl (C=O) groups is 1. The van der Waals surface area contributed by atoms with Crippen molar-refractivity contribution in [3.05, 3.63) is 68.6 Å². The maximum absolute atomic E-state index is 12.1. The number of hydrogen-bond donors (Lipinski definition) is 1. The molecule has 0 saturated carbocycles. The van der Waals surface area contributed by atoms with E-state index in [2.05, 4.69) is 4.98 Å². The van der Waals surface area contributed by atoms with Gasteiger partial charge in [-0.2, -0.15) is 5.26 Å². The van der Waals surface area contributed by atoms with Gasteiger partial charge in [0.2, 0.25) is 0 Å². The molecule has 1 heterocycles. The highest BCUT2D eigenvalue weighted by molar-refractivity contribution is 5.89. The fourth-order valence-electron chi connectivity index (χ4n) is 2.62. The van der Waals surface area contributed by atoms with Crippen LogP contribution in [0.1, 0.15) is 39.2 Å². The van der Waals surface area contributed by atoms with Crippen LogP contribution in [-0.2, 0) is 24.2 Å². The van der Waals surface area contributed by atoms with Gasteiger partial charge in [-0.25, -0.2) is 4.79 Å². The molecule has 3 rings (SSSR count). The summed E-state index contributed by atoms with van der Waals surface area (Å²) in [6, 6.07) is 10.5. The van der Waals surface area contributed by atoms with Gasteiger partial charge in [-0.05, 0) is 48.6 Å². The molecule has 0 fully saturated rings. The number of aryl methyl sites for hydroxylation is 2. The molecule has 0 saturated heterocycles. The number of aromatic amines is 1. The van der Waals surface area contributed by atoms with Crippen LogP contribution in [0.15, 0.2) is 35.1 Å². The number of rotatable bonds is 3. The number of H-pyrrole nitrogens is 1. The molecule has 1 N–H and O–H groups in total. The number of aromatic nitrogens is 1. The van der Waals surface area contributed by atoms with E-state index in [4.69, 9.17) is 10.00 Å². The molecule has 110 valence electrons. The van der Waals surface area contributed by atoms with Crippen molar-refractivity contribution in [2.75, 3.05) is 0 Å². The summed E-state index contributed by atoms with van der Waals surface area (Å²) in [4.78, 5) is 26.8. The Kier molecular flexibility index (Phi) is 3.75. The first-order valence-electron chi connectivity index (χ1n) is 7.08. The molecule has 0 unspecified atom stereocenters. The van der Waals surface area contributed by atoms with Crippen LogP contribution in [0.25, 0.3) is 0 Å². The number of ether oxygens (including phenoxy) is 1. The van der Waals surface area contributed by atoms with Gasteiger partial charge in [-0.15, -0.1) is 0 Å². The van der Waals surface area contributed by atoms with E-state index in [0.717, 1.165) is 30.5 Å². The van der Waals surface area contributed by atoms with E-state index in [9.17, 15) is 9.59 Å². The minimum absolute atomic E-state index is 0.0326. The van der Waals surface area contributed by atoms with Crippen LogP contribution < -0.4 is 5.56 Å². The van der Waals surface area contributed by atoms with Gasteiger partial charge in [0.15, 0.2) is 0 Å². The van der Waals surface area contributed by atoms with E-state index < -0.39 is 11.5 Å². The zero-order valence-electron chi connectivity index (χ0n) is 11.9. The predicted octanol–water partition coefficient (Wildman–Crippen LogP) is 2.09. The summed E-state index contributed by atoms with van der Waals surface area (Å²) in [5, 5.41) is 8.84. The Morgan fingerprint density at radius 1 is 1.32 bits per heavy atom. The maximum atomic E-state index is 12.1. The lowest BCUT2D eigenvalue weighted by molar-refractivity contribution is 0.0470. The van der Waals surface area contributed by atoms with Gasteiger partial charge in [0.1, 0.15) is 12.2 Å². The molecule has 1 aliphatic rings. The van der Waals surface area contributed by atoms with Crippen molar-refractivity contribution in [2.45, 2.75) is 25.9 Å². The second kappa shape index (κ2) is 5.86. The van der Waals surface area contributed by atoms with E-state index in [1.165, 1.54) is 0 Å². The van der Waals surface area contributed by atoms with Gasteiger partial charge in [0, 0.05) is 5.69 Å². The molecule has 5 nitrogen and oxygen atoms in total. The van der Waals surface area contributed by atoms with Crippen molar-refractivity contribution in [3.63, 3.8) is 0 Å². The van der Waals surface area contributed by atoms with Gasteiger partial charge in [0.25, 0.3) is 5.56 Å². The first-order valence-corrected chi connectivity index (χ1v) is 7.08. The van der Waals surface area contributed by atoms with Crippen LogP contribution in [-0.4, -0.2) is 11.0 Å². The smallest absolute Gasteiger partial charge is 0.344 e. The summed E-state index contributed by atoms with van der Waals surface area (Å²) in [6.45, 7) is 0.0326. The molecule has 0 bridgehead atoms. The third-order valence-corrected chi connectivity index (χ3v) is 3.73. The van der Waals surface area contributed by atoms with Crippen molar-refractivity contribution < 1.29 is 9.53 Å². The summed E-state index contributed by atoms with van der Waals surface area (Å²) in [5.74, 6) is -0.640. The van der Waals surface area contributed by atoms with E-state index in [0.29, 0.717) is 11.1 Å². The molecular formula is C17H14N2O3. The molecule has 0 aliphatic heterocycles. The number of esters is 1. The fraction of sp³-hybridized carbons (Fsp3) is 0.235. The third kappa shape index (κ3) is 2.77. The lowest BCUT2D eigenvalue weighted by atomic mass is 10.1. The van der Waals surface area contributed by atoms with Gasteiger partial charge >= 0.3 is 5.97 Å². The number of benzene rings is 1. The number of carbonyl (C=O) groups excluding carboxylic acids is 1. The Morgan fingerprint density at radius 3 is 3.00 bits per heavy atom. The minimum atomic E-state index is -0.640. The van der Waals surface area contributed by atoms with Gasteiger partial charge in [0.05, 0.1) is 11.6 Å². The monoisotopic (exact) mass is 294 g/mol. The number of hydrogen-bond acceptors (Lipinski definition) is 4. The van der Waals surface area contributed by atoms with Crippen LogP contribution in [0.3, 0.4) is 0 Å². The van der Waals surface area contributed by atoms with Crippen molar-refractivity contribution in [2.24, 2.45) is 0 Å². The highest BCUT2D eigenvalue weighted by Crippen LogP contribution is 2.19. The number of nitrogens with one attached hydrogen (secondary N) is 1. The van der Waals surface area contributed by atoms with E-state index in [-0.39, 0.29) is 12.2 Å². The highest BCUT2D eigenvalue weighted by atomic mass is 16.5. The van der Waals surface area contributed by atoms with Gasteiger partial charge < -0.3 is 9.72 Å². The van der Waals surface area contributed by atoms with Crippen LogP contribution in [0.4, 0.5) is 0 Å². The molecule has 2 aromatic rings. The van der Waals surface area contributed by atoms with Crippen molar-refractivity contribution in [3.8, 4) is 6.07 Å². The zero-order chi connectivity index (χ0) is 15.5. The van der Waals surface area contributed by atoms with Crippen LogP contribution in [0.5, 0.6) is 0 Å². The molecule has 0 amide bonds. The van der Waals surface area contributed by atoms with Gasteiger partial charge in [-0.1, -0.05) is 12.1 Å². The van der Waals surface area contributed by atoms with Crippen LogP contribution >= 0.6 is 0 Å². The third-order valence-electron chi connectivity index (χ3n) is 3.73. The predicted molar refractivity (Wildman–Crippen MR) is 79.4 cm³/mol. The quantitative estimate of drug-likeness (QED) is 0.879. The Bertz CT molecular complexity index is 831. The average molecular weight is 294 g/mol. The first kappa shape index (κ1) is 14.1. The Balaban J connectivity index is 1.75. The van der Waals surface area contributed by atoms with Crippen molar-refractivity contribution >= 4 is 5.97 Å². The second-order valence-corrected chi connectivity index (χ2v) is 5.26. The lowest BCUT2D eigenvalue weighted by Gasteiger charge is -2.06. The maximum Gasteiger partial charge on any atom is 0.344 e. The molecule has 0 radical (unpaired) electrons. The number of pyridine rings is 1. The molecular weight excluding hydrogens is 280 g/mol. The summed E-state index contributed by atoms with van der Waals surface area (Å²) in [7, 11) is 0. The molecule has 0 atom stereocenters. The Hall–Kier alpha value is -2.87. The first-order chi connectivity index (χ1) is 10.7. The SMILES string of the molecule is N#Cc1cccc(COC(=O)c2cc3c([nH]c2=O)CCC3)c1. The molecule has 1 aromatic heterocycles. The molecule has 1 aliphatic carbocycles. The Morgan fingerprint density at radius 2 is 2.18 bits per heavy atom. The van der Waals surface area contributed by atoms with Gasteiger partial charge in [-0.3, -0.25) is 4.79 Å². The zero-order valence-corrected chi connectivity index (χ0v) is 11.9. The average Bonchev–Trinajstić information content (AvgIpc) is 2.99. The number of nitriles is 1. The topological polar surface area (TPSA) is 82.9 Å². The minimum Gasteiger partial charge on any atom is -0.457 e. The molecule has 22 heavy (non-hydrogen) atoms. The number of fused-ring (bicyclic) bond motifs is 1. The Labute approximate surface area is 127 Å². The fourth-order valence-corrected chi connectivity index (χ4v) is 2.62. The largest absolute Gasteiger partial charge is 0.457 e. The van der Waals surface area contributed by atoms with E-state index in [1.54, 1.807) is 30.3 Å². The summed E-state index contributed by atoms with van der Waals surface area (Å²) in [5.41, 5.74) is 2.78. The highest BCUT2D eigenvalue weighted by Gasteiger charge is 2.19. The molecule has 5 heteroatoms. The van der Waals surface area contributed by atoms with Crippen LogP contribution in [0, 0.1) is 11.3 Å². The van der Waals surface area contributed by atoms with Crippen LogP contribution in [0.2, 0.25) is 0 Å². The normalized spacial score (nSPS) is 12.5. The number of nitrogens with zero attached hydrogens (tertiary/aromatic N) is 1. The lowest BCUT2D eigenvalue weighted by Crippen LogP contribution is -2.21.